The molecule has 72 valence electrons. The summed E-state index contributed by atoms with van der Waals surface area (Å²) >= 11 is 0. The van der Waals surface area contributed by atoms with E-state index in [0.717, 1.165) is 25.9 Å². The second-order valence-corrected chi connectivity index (χ2v) is 5.86. The summed E-state index contributed by atoms with van der Waals surface area (Å²) in [5.74, 6) is 1.24. The van der Waals surface area contributed by atoms with Crippen molar-refractivity contribution in [3.63, 3.8) is 0 Å². The number of nitrogens with one attached hydrogen (secondary N) is 1. The lowest BCUT2D eigenvalue weighted by Gasteiger charge is -2.06. The van der Waals surface area contributed by atoms with E-state index < -0.39 is 9.84 Å². The van der Waals surface area contributed by atoms with Gasteiger partial charge in [0.2, 0.25) is 0 Å². The fourth-order valence-electron chi connectivity index (χ4n) is 1.45. The Hall–Kier alpha value is -0.0900. The largest absolute Gasteiger partial charge is 0.316 e. The molecule has 0 amide bonds. The Balaban J connectivity index is 2.25. The average Bonchev–Trinajstić information content (AvgIpc) is 2.53. The molecule has 1 aliphatic heterocycles. The van der Waals surface area contributed by atoms with Gasteiger partial charge in [-0.15, -0.1) is 0 Å². The summed E-state index contributed by atoms with van der Waals surface area (Å²) in [4.78, 5) is 0. The maximum absolute atomic E-state index is 11.1. The molecule has 1 atom stereocenters. The van der Waals surface area contributed by atoms with Gasteiger partial charge < -0.3 is 5.32 Å². The summed E-state index contributed by atoms with van der Waals surface area (Å²) in [5, 5.41) is 3.23. The average molecular weight is 191 g/mol. The number of rotatable bonds is 4. The van der Waals surface area contributed by atoms with Crippen molar-refractivity contribution in [2.75, 3.05) is 24.6 Å². The van der Waals surface area contributed by atoms with Crippen molar-refractivity contribution in [1.29, 1.82) is 0 Å². The van der Waals surface area contributed by atoms with Crippen molar-refractivity contribution in [1.82, 2.24) is 5.32 Å². The van der Waals surface area contributed by atoms with Gasteiger partial charge in [0.25, 0.3) is 0 Å². The van der Waals surface area contributed by atoms with Crippen LogP contribution in [0.4, 0.5) is 0 Å². The van der Waals surface area contributed by atoms with Crippen LogP contribution in [0.2, 0.25) is 0 Å². The van der Waals surface area contributed by atoms with Crippen LogP contribution in [0.5, 0.6) is 0 Å². The van der Waals surface area contributed by atoms with E-state index in [4.69, 9.17) is 0 Å². The number of hydrogen-bond acceptors (Lipinski definition) is 3. The maximum atomic E-state index is 11.1. The zero-order valence-electron chi connectivity index (χ0n) is 7.54. The van der Waals surface area contributed by atoms with Gasteiger partial charge in [0.15, 0.2) is 0 Å². The quantitative estimate of drug-likeness (QED) is 0.700. The summed E-state index contributed by atoms with van der Waals surface area (Å²) in [6, 6.07) is 0. The highest BCUT2D eigenvalue weighted by atomic mass is 32.2. The SMILES string of the molecule is CCS(=O)(=O)CC[C@@H]1CCNC1. The topological polar surface area (TPSA) is 46.2 Å². The van der Waals surface area contributed by atoms with Crippen LogP contribution in [0.3, 0.4) is 0 Å². The third-order valence-corrected chi connectivity index (χ3v) is 4.18. The van der Waals surface area contributed by atoms with Crippen molar-refractivity contribution in [2.45, 2.75) is 19.8 Å². The van der Waals surface area contributed by atoms with E-state index >= 15 is 0 Å². The normalized spacial score (nSPS) is 24.6. The van der Waals surface area contributed by atoms with Gasteiger partial charge in [0.1, 0.15) is 9.84 Å². The Bertz CT molecular complexity index is 217. The van der Waals surface area contributed by atoms with E-state index in [0.29, 0.717) is 11.7 Å². The fourth-order valence-corrected chi connectivity index (χ4v) is 2.43. The molecule has 1 aliphatic rings. The Morgan fingerprint density at radius 3 is 2.75 bits per heavy atom. The summed E-state index contributed by atoms with van der Waals surface area (Å²) in [6.07, 6.45) is 1.97. The molecular weight excluding hydrogens is 174 g/mol. The van der Waals surface area contributed by atoms with Crippen molar-refractivity contribution in [2.24, 2.45) is 5.92 Å². The van der Waals surface area contributed by atoms with E-state index in [2.05, 4.69) is 5.32 Å². The number of hydrogen-bond donors (Lipinski definition) is 1. The first-order valence-corrected chi connectivity index (χ1v) is 6.37. The maximum Gasteiger partial charge on any atom is 0.150 e. The van der Waals surface area contributed by atoms with Crippen LogP contribution in [-0.4, -0.2) is 33.0 Å². The molecule has 0 aromatic carbocycles. The zero-order valence-corrected chi connectivity index (χ0v) is 8.36. The van der Waals surface area contributed by atoms with Gasteiger partial charge in [-0.2, -0.15) is 0 Å². The van der Waals surface area contributed by atoms with Crippen molar-refractivity contribution < 1.29 is 8.42 Å². The zero-order chi connectivity index (χ0) is 9.03. The third kappa shape index (κ3) is 3.11. The van der Waals surface area contributed by atoms with Gasteiger partial charge in [-0.3, -0.25) is 0 Å². The molecule has 1 heterocycles. The van der Waals surface area contributed by atoms with Gasteiger partial charge in [-0.05, 0) is 31.8 Å². The lowest BCUT2D eigenvalue weighted by molar-refractivity contribution is 0.546. The summed E-state index contributed by atoms with van der Waals surface area (Å²) in [5.41, 5.74) is 0. The van der Waals surface area contributed by atoms with Gasteiger partial charge in [-0.25, -0.2) is 8.42 Å². The highest BCUT2D eigenvalue weighted by Crippen LogP contribution is 2.13. The van der Waals surface area contributed by atoms with Crippen molar-refractivity contribution in [3.8, 4) is 0 Å². The predicted octanol–water partition coefficient (Wildman–Crippen LogP) is 0.421. The molecule has 0 spiro atoms. The first-order chi connectivity index (χ1) is 5.64. The standard InChI is InChI=1S/C8H17NO2S/c1-2-12(10,11)6-4-8-3-5-9-7-8/h8-9H,2-7H2,1H3/t8-/m0/s1. The minimum atomic E-state index is -2.73. The smallest absolute Gasteiger partial charge is 0.150 e. The van der Waals surface area contributed by atoms with Crippen LogP contribution < -0.4 is 5.32 Å². The van der Waals surface area contributed by atoms with Gasteiger partial charge in [-0.1, -0.05) is 6.92 Å². The van der Waals surface area contributed by atoms with E-state index in [1.54, 1.807) is 6.92 Å². The number of sulfone groups is 1. The van der Waals surface area contributed by atoms with Gasteiger partial charge >= 0.3 is 0 Å². The third-order valence-electron chi connectivity index (χ3n) is 2.44. The highest BCUT2D eigenvalue weighted by Gasteiger charge is 2.17. The van der Waals surface area contributed by atoms with Crippen LogP contribution in [-0.2, 0) is 9.84 Å². The molecule has 0 aromatic heterocycles. The van der Waals surface area contributed by atoms with Crippen LogP contribution in [0, 0.1) is 5.92 Å². The van der Waals surface area contributed by atoms with Crippen LogP contribution in [0.25, 0.3) is 0 Å². The highest BCUT2D eigenvalue weighted by molar-refractivity contribution is 7.91. The van der Waals surface area contributed by atoms with Gasteiger partial charge in [0.05, 0.1) is 5.75 Å². The molecule has 0 aromatic rings. The minimum absolute atomic E-state index is 0.285. The van der Waals surface area contributed by atoms with Crippen LogP contribution in [0.1, 0.15) is 19.8 Å². The molecule has 3 nitrogen and oxygen atoms in total. The molecule has 0 bridgehead atoms. The Kier molecular flexibility index (Phi) is 3.53. The second kappa shape index (κ2) is 4.23. The summed E-state index contributed by atoms with van der Waals surface area (Å²) in [7, 11) is -2.73. The molecule has 1 N–H and O–H groups in total. The van der Waals surface area contributed by atoms with Crippen LogP contribution in [0.15, 0.2) is 0 Å². The molecule has 1 fully saturated rings. The van der Waals surface area contributed by atoms with Crippen molar-refractivity contribution in [3.05, 3.63) is 0 Å². The Labute approximate surface area is 74.5 Å². The summed E-state index contributed by atoms with van der Waals surface area (Å²) in [6.45, 7) is 3.76. The molecule has 12 heavy (non-hydrogen) atoms. The molecule has 4 heteroatoms. The van der Waals surface area contributed by atoms with Gasteiger partial charge in [0, 0.05) is 5.75 Å². The monoisotopic (exact) mass is 191 g/mol. The Morgan fingerprint density at radius 2 is 2.25 bits per heavy atom. The van der Waals surface area contributed by atoms with Crippen LogP contribution >= 0.6 is 0 Å². The molecular formula is C8H17NO2S. The lowest BCUT2D eigenvalue weighted by atomic mass is 10.1. The lowest BCUT2D eigenvalue weighted by Crippen LogP contribution is -2.15. The molecule has 1 saturated heterocycles. The Morgan fingerprint density at radius 1 is 1.50 bits per heavy atom. The molecule has 0 saturated carbocycles. The summed E-state index contributed by atoms with van der Waals surface area (Å²) < 4.78 is 22.3. The molecule has 1 rings (SSSR count). The fraction of sp³-hybridized carbons (Fsp3) is 1.00. The van der Waals surface area contributed by atoms with Crippen molar-refractivity contribution >= 4 is 9.84 Å². The van der Waals surface area contributed by atoms with E-state index in [-0.39, 0.29) is 5.75 Å². The molecule has 0 unspecified atom stereocenters. The first-order valence-electron chi connectivity index (χ1n) is 4.55. The first kappa shape index (κ1) is 9.99. The predicted molar refractivity (Wildman–Crippen MR) is 49.9 cm³/mol. The molecule has 0 aliphatic carbocycles. The minimum Gasteiger partial charge on any atom is -0.316 e. The van der Waals surface area contributed by atoms with E-state index in [9.17, 15) is 8.42 Å². The molecule has 0 radical (unpaired) electrons. The van der Waals surface area contributed by atoms with E-state index in [1.165, 1.54) is 0 Å². The van der Waals surface area contributed by atoms with E-state index in [1.807, 2.05) is 0 Å². The second-order valence-electron chi connectivity index (χ2n) is 3.38.